The van der Waals surface area contributed by atoms with Crippen molar-refractivity contribution < 1.29 is 0 Å². The van der Waals surface area contributed by atoms with E-state index in [1.54, 1.807) is 12.1 Å². The Morgan fingerprint density at radius 1 is 0.652 bits per heavy atom. The number of nitrogens with zero attached hydrogens (tertiary/aromatic N) is 1. The molecule has 0 bridgehead atoms. The Morgan fingerprint density at radius 3 is 1.48 bits per heavy atom. The highest BCUT2D eigenvalue weighted by molar-refractivity contribution is 4.93. The van der Waals surface area contributed by atoms with Gasteiger partial charge in [0.15, 0.2) is 5.43 Å². The summed E-state index contributed by atoms with van der Waals surface area (Å²) in [4.78, 5) is 11.0. The van der Waals surface area contributed by atoms with Crippen molar-refractivity contribution in [3.05, 3.63) is 34.7 Å². The van der Waals surface area contributed by atoms with Gasteiger partial charge in [-0.25, -0.2) is 0 Å². The van der Waals surface area contributed by atoms with E-state index in [0.29, 0.717) is 0 Å². The Morgan fingerprint density at radius 2 is 1.04 bits per heavy atom. The summed E-state index contributed by atoms with van der Waals surface area (Å²) >= 11 is 0. The molecule has 23 heavy (non-hydrogen) atoms. The fourth-order valence-electron chi connectivity index (χ4n) is 3.08. The fraction of sp³-hybridized carbons (Fsp3) is 0.762. The lowest BCUT2D eigenvalue weighted by molar-refractivity contribution is 0.523. The van der Waals surface area contributed by atoms with E-state index in [9.17, 15) is 4.79 Å². The maximum atomic E-state index is 11.0. The first kappa shape index (κ1) is 20.0. The minimum Gasteiger partial charge on any atom is -0.354 e. The third-order valence-electron chi connectivity index (χ3n) is 4.63. The van der Waals surface area contributed by atoms with Crippen LogP contribution in [0.4, 0.5) is 0 Å². The Labute approximate surface area is 143 Å². The summed E-state index contributed by atoms with van der Waals surface area (Å²) in [7, 11) is 0. The quantitative estimate of drug-likeness (QED) is 0.346. The van der Waals surface area contributed by atoms with Crippen LogP contribution in [0, 0.1) is 0 Å². The SMILES string of the molecule is CCCCCCCCCCCCCCCCn1ccc(=O)cc1. The Kier molecular flexibility index (Phi) is 12.6. The molecule has 0 saturated carbocycles. The zero-order chi connectivity index (χ0) is 16.6. The standard InChI is InChI=1S/C21H37NO/c1-2-3-4-5-6-7-8-9-10-11-12-13-14-15-18-22-19-16-21(23)17-20-22/h16-17,19-20H,2-15,18H2,1H3. The van der Waals surface area contributed by atoms with Gasteiger partial charge >= 0.3 is 0 Å². The number of hydrogen-bond acceptors (Lipinski definition) is 1. The highest BCUT2D eigenvalue weighted by Gasteiger charge is 1.94. The van der Waals surface area contributed by atoms with Gasteiger partial charge in [0, 0.05) is 31.1 Å². The molecule has 1 rings (SSSR count). The number of rotatable bonds is 15. The zero-order valence-electron chi connectivity index (χ0n) is 15.3. The maximum Gasteiger partial charge on any atom is 0.181 e. The molecule has 2 heteroatoms. The lowest BCUT2D eigenvalue weighted by Crippen LogP contribution is -2.03. The lowest BCUT2D eigenvalue weighted by atomic mass is 10.0. The van der Waals surface area contributed by atoms with E-state index in [4.69, 9.17) is 0 Å². The van der Waals surface area contributed by atoms with Crippen molar-refractivity contribution in [3.8, 4) is 0 Å². The molecule has 0 spiro atoms. The van der Waals surface area contributed by atoms with Crippen LogP contribution in [0.1, 0.15) is 96.8 Å². The van der Waals surface area contributed by atoms with Crippen LogP contribution in [0.5, 0.6) is 0 Å². The van der Waals surface area contributed by atoms with Gasteiger partial charge in [0.05, 0.1) is 0 Å². The van der Waals surface area contributed by atoms with Crippen LogP contribution >= 0.6 is 0 Å². The molecule has 132 valence electrons. The van der Waals surface area contributed by atoms with E-state index in [1.807, 2.05) is 12.4 Å². The van der Waals surface area contributed by atoms with Gasteiger partial charge in [0.2, 0.25) is 0 Å². The van der Waals surface area contributed by atoms with Gasteiger partial charge in [0.1, 0.15) is 0 Å². The van der Waals surface area contributed by atoms with E-state index in [-0.39, 0.29) is 5.43 Å². The van der Waals surface area contributed by atoms with E-state index >= 15 is 0 Å². The first-order valence-corrected chi connectivity index (χ1v) is 9.99. The van der Waals surface area contributed by atoms with E-state index in [1.165, 1.54) is 89.9 Å². The minimum absolute atomic E-state index is 0.0993. The smallest absolute Gasteiger partial charge is 0.181 e. The Bertz CT molecular complexity index is 404. The summed E-state index contributed by atoms with van der Waals surface area (Å²) in [5.41, 5.74) is 0.0993. The van der Waals surface area contributed by atoms with Crippen LogP contribution in [0.2, 0.25) is 0 Å². The van der Waals surface area contributed by atoms with Gasteiger partial charge in [-0.15, -0.1) is 0 Å². The Balaban J connectivity index is 1.78. The largest absolute Gasteiger partial charge is 0.354 e. The third-order valence-corrected chi connectivity index (χ3v) is 4.63. The molecule has 1 aromatic heterocycles. The maximum absolute atomic E-state index is 11.0. The topological polar surface area (TPSA) is 22.0 Å². The van der Waals surface area contributed by atoms with Crippen molar-refractivity contribution in [1.29, 1.82) is 0 Å². The van der Waals surface area contributed by atoms with Crippen molar-refractivity contribution in [2.45, 2.75) is 103 Å². The molecule has 0 aliphatic heterocycles. The predicted molar refractivity (Wildman–Crippen MR) is 101 cm³/mol. The molecule has 0 atom stereocenters. The molecule has 1 heterocycles. The van der Waals surface area contributed by atoms with Crippen molar-refractivity contribution >= 4 is 0 Å². The average Bonchev–Trinajstić information content (AvgIpc) is 2.57. The third kappa shape index (κ3) is 12.1. The van der Waals surface area contributed by atoms with Gasteiger partial charge in [-0.1, -0.05) is 90.4 Å². The second-order valence-corrected chi connectivity index (χ2v) is 6.87. The molecule has 2 nitrogen and oxygen atoms in total. The van der Waals surface area contributed by atoms with Crippen LogP contribution in [0.25, 0.3) is 0 Å². The summed E-state index contributed by atoms with van der Waals surface area (Å²) in [5.74, 6) is 0. The van der Waals surface area contributed by atoms with Crippen LogP contribution < -0.4 is 5.43 Å². The van der Waals surface area contributed by atoms with Crippen molar-refractivity contribution in [3.63, 3.8) is 0 Å². The molecule has 0 amide bonds. The molecular weight excluding hydrogens is 282 g/mol. The fourth-order valence-corrected chi connectivity index (χ4v) is 3.08. The zero-order valence-corrected chi connectivity index (χ0v) is 15.3. The molecule has 0 aromatic carbocycles. The lowest BCUT2D eigenvalue weighted by Gasteiger charge is -2.05. The minimum atomic E-state index is 0.0993. The van der Waals surface area contributed by atoms with Crippen molar-refractivity contribution in [2.24, 2.45) is 0 Å². The van der Waals surface area contributed by atoms with Gasteiger partial charge < -0.3 is 4.57 Å². The first-order chi connectivity index (χ1) is 11.3. The summed E-state index contributed by atoms with van der Waals surface area (Å²) in [6.07, 6.45) is 23.3. The number of pyridine rings is 1. The van der Waals surface area contributed by atoms with E-state index in [0.717, 1.165) is 6.54 Å². The molecule has 0 aliphatic carbocycles. The number of aryl methyl sites for hydroxylation is 1. The van der Waals surface area contributed by atoms with Gasteiger partial charge in [0.25, 0.3) is 0 Å². The van der Waals surface area contributed by atoms with Gasteiger partial charge in [-0.3, -0.25) is 4.79 Å². The highest BCUT2D eigenvalue weighted by Crippen LogP contribution is 2.13. The van der Waals surface area contributed by atoms with Crippen LogP contribution in [-0.2, 0) is 6.54 Å². The molecular formula is C21H37NO. The van der Waals surface area contributed by atoms with Crippen LogP contribution in [0.15, 0.2) is 29.3 Å². The molecule has 0 N–H and O–H groups in total. The number of hydrogen-bond donors (Lipinski definition) is 0. The monoisotopic (exact) mass is 319 g/mol. The van der Waals surface area contributed by atoms with Crippen LogP contribution in [-0.4, -0.2) is 4.57 Å². The van der Waals surface area contributed by atoms with Crippen molar-refractivity contribution in [2.75, 3.05) is 0 Å². The molecule has 0 radical (unpaired) electrons. The van der Waals surface area contributed by atoms with E-state index < -0.39 is 0 Å². The first-order valence-electron chi connectivity index (χ1n) is 9.99. The van der Waals surface area contributed by atoms with Crippen LogP contribution in [0.3, 0.4) is 0 Å². The molecule has 0 fully saturated rings. The summed E-state index contributed by atoms with van der Waals surface area (Å²) in [6.45, 7) is 3.32. The van der Waals surface area contributed by atoms with E-state index in [2.05, 4.69) is 11.5 Å². The second kappa shape index (κ2) is 14.5. The molecule has 0 unspecified atom stereocenters. The number of unbranched alkanes of at least 4 members (excludes halogenated alkanes) is 13. The molecule has 0 saturated heterocycles. The predicted octanol–water partition coefficient (Wildman–Crippen LogP) is 6.33. The number of aromatic nitrogens is 1. The van der Waals surface area contributed by atoms with Gasteiger partial charge in [-0.05, 0) is 6.42 Å². The normalized spacial score (nSPS) is 11.0. The highest BCUT2D eigenvalue weighted by atomic mass is 16.1. The summed E-state index contributed by atoms with van der Waals surface area (Å²) < 4.78 is 2.11. The van der Waals surface area contributed by atoms with Crippen molar-refractivity contribution in [1.82, 2.24) is 4.57 Å². The molecule has 0 aliphatic rings. The average molecular weight is 320 g/mol. The van der Waals surface area contributed by atoms with Gasteiger partial charge in [-0.2, -0.15) is 0 Å². The second-order valence-electron chi connectivity index (χ2n) is 6.87. The Hall–Kier alpha value is -1.05. The summed E-state index contributed by atoms with van der Waals surface area (Å²) in [5, 5.41) is 0. The molecule has 1 aromatic rings. The summed E-state index contributed by atoms with van der Waals surface area (Å²) in [6, 6.07) is 3.29.